The first kappa shape index (κ1) is 20.0. The number of carbonyl (C=O) groups is 1. The van der Waals surface area contributed by atoms with Gasteiger partial charge in [-0.15, -0.1) is 6.42 Å². The first-order chi connectivity index (χ1) is 11.4. The van der Waals surface area contributed by atoms with Gasteiger partial charge in [-0.1, -0.05) is 31.9 Å². The molecular formula is C19H27NO4. The average Bonchev–Trinajstić information content (AvgIpc) is 2.53. The summed E-state index contributed by atoms with van der Waals surface area (Å²) in [6.07, 6.45) is 4.42. The van der Waals surface area contributed by atoms with E-state index in [4.69, 9.17) is 15.9 Å². The fourth-order valence-electron chi connectivity index (χ4n) is 2.33. The number of rotatable bonds is 9. The van der Waals surface area contributed by atoms with E-state index in [0.717, 1.165) is 11.1 Å². The molecule has 5 heteroatoms. The predicted octanol–water partition coefficient (Wildman–Crippen LogP) is 2.26. The number of hydrogen-bond acceptors (Lipinski definition) is 5. The number of aliphatic hydroxyl groups is 1. The highest BCUT2D eigenvalue weighted by molar-refractivity contribution is 5.95. The van der Waals surface area contributed by atoms with Gasteiger partial charge in [0.2, 0.25) is 0 Å². The van der Waals surface area contributed by atoms with Gasteiger partial charge in [0.1, 0.15) is 24.0 Å². The third-order valence-electron chi connectivity index (χ3n) is 3.52. The van der Waals surface area contributed by atoms with Gasteiger partial charge in [0, 0.05) is 6.54 Å². The molecule has 0 aliphatic carbocycles. The molecule has 0 fully saturated rings. The van der Waals surface area contributed by atoms with Gasteiger partial charge in [-0.05, 0) is 30.9 Å². The van der Waals surface area contributed by atoms with Crippen molar-refractivity contribution in [2.45, 2.75) is 39.7 Å². The van der Waals surface area contributed by atoms with E-state index in [-0.39, 0.29) is 12.5 Å². The van der Waals surface area contributed by atoms with Crippen LogP contribution in [0.2, 0.25) is 0 Å². The molecule has 1 aromatic carbocycles. The fourth-order valence-corrected chi connectivity index (χ4v) is 2.33. The van der Waals surface area contributed by atoms with Crippen molar-refractivity contribution in [3.05, 3.63) is 28.8 Å². The SMILES string of the molecule is C#CCNCC(O)COc1c(C)ccc(C(C)C)c1C(=O)OCC. The lowest BCUT2D eigenvalue weighted by Gasteiger charge is -2.20. The van der Waals surface area contributed by atoms with E-state index in [1.807, 2.05) is 32.9 Å². The second-order valence-corrected chi connectivity index (χ2v) is 5.85. The summed E-state index contributed by atoms with van der Waals surface area (Å²) in [7, 11) is 0. The predicted molar refractivity (Wildman–Crippen MR) is 94.4 cm³/mol. The second kappa shape index (κ2) is 9.96. The van der Waals surface area contributed by atoms with E-state index < -0.39 is 12.1 Å². The number of esters is 1. The van der Waals surface area contributed by atoms with Crippen molar-refractivity contribution in [3.63, 3.8) is 0 Å². The number of terminal acetylenes is 1. The van der Waals surface area contributed by atoms with Gasteiger partial charge >= 0.3 is 5.97 Å². The Balaban J connectivity index is 3.01. The lowest BCUT2D eigenvalue weighted by Crippen LogP contribution is -2.32. The van der Waals surface area contributed by atoms with Gasteiger partial charge in [-0.2, -0.15) is 0 Å². The zero-order chi connectivity index (χ0) is 18.1. The number of nitrogens with one attached hydrogen (secondary N) is 1. The zero-order valence-corrected chi connectivity index (χ0v) is 14.9. The van der Waals surface area contributed by atoms with Crippen LogP contribution in [0.1, 0.15) is 48.2 Å². The topological polar surface area (TPSA) is 67.8 Å². The van der Waals surface area contributed by atoms with Crippen LogP contribution in [0.25, 0.3) is 0 Å². The molecule has 0 spiro atoms. The van der Waals surface area contributed by atoms with Gasteiger partial charge in [0.25, 0.3) is 0 Å². The molecule has 0 bridgehead atoms. The highest BCUT2D eigenvalue weighted by atomic mass is 16.5. The number of hydrogen-bond donors (Lipinski definition) is 2. The fraction of sp³-hybridized carbons (Fsp3) is 0.526. The van der Waals surface area contributed by atoms with Crippen LogP contribution in [-0.2, 0) is 4.74 Å². The zero-order valence-electron chi connectivity index (χ0n) is 14.9. The minimum Gasteiger partial charge on any atom is -0.490 e. The van der Waals surface area contributed by atoms with Gasteiger partial charge in [-0.25, -0.2) is 4.79 Å². The Morgan fingerprint density at radius 1 is 1.42 bits per heavy atom. The molecular weight excluding hydrogens is 306 g/mol. The number of aliphatic hydroxyl groups excluding tert-OH is 1. The summed E-state index contributed by atoms with van der Waals surface area (Å²) in [6, 6.07) is 3.83. The first-order valence-electron chi connectivity index (χ1n) is 8.17. The minimum absolute atomic E-state index is 0.0619. The van der Waals surface area contributed by atoms with Crippen molar-refractivity contribution < 1.29 is 19.4 Å². The van der Waals surface area contributed by atoms with Crippen molar-refractivity contribution in [2.24, 2.45) is 0 Å². The van der Waals surface area contributed by atoms with Gasteiger partial charge in [-0.3, -0.25) is 0 Å². The van der Waals surface area contributed by atoms with Crippen LogP contribution in [0, 0.1) is 19.3 Å². The Morgan fingerprint density at radius 2 is 2.12 bits per heavy atom. The Bertz CT molecular complexity index is 590. The van der Waals surface area contributed by atoms with Crippen LogP contribution >= 0.6 is 0 Å². The van der Waals surface area contributed by atoms with Gasteiger partial charge in [0.15, 0.2) is 0 Å². The van der Waals surface area contributed by atoms with Crippen LogP contribution < -0.4 is 10.1 Å². The highest BCUT2D eigenvalue weighted by Gasteiger charge is 2.23. The highest BCUT2D eigenvalue weighted by Crippen LogP contribution is 2.32. The molecule has 1 atom stereocenters. The first-order valence-corrected chi connectivity index (χ1v) is 8.17. The Labute approximate surface area is 144 Å². The molecule has 2 N–H and O–H groups in total. The van der Waals surface area contributed by atoms with E-state index in [1.54, 1.807) is 6.92 Å². The molecule has 0 radical (unpaired) electrons. The standard InChI is InChI=1S/C19H27NO4/c1-6-10-20-11-15(21)12-24-18-14(5)8-9-16(13(3)4)17(18)19(22)23-7-2/h1,8-9,13,15,20-21H,7,10-12H2,2-5H3. The third-order valence-corrected chi connectivity index (χ3v) is 3.52. The normalized spacial score (nSPS) is 11.9. The molecule has 24 heavy (non-hydrogen) atoms. The van der Waals surface area contributed by atoms with E-state index in [2.05, 4.69) is 11.2 Å². The van der Waals surface area contributed by atoms with Crippen LogP contribution in [0.3, 0.4) is 0 Å². The lowest BCUT2D eigenvalue weighted by atomic mass is 9.94. The number of carbonyl (C=O) groups excluding carboxylic acids is 1. The third kappa shape index (κ3) is 5.55. The summed E-state index contributed by atoms with van der Waals surface area (Å²) < 4.78 is 11.0. The number of benzene rings is 1. The smallest absolute Gasteiger partial charge is 0.342 e. The average molecular weight is 333 g/mol. The molecule has 0 saturated carbocycles. The molecule has 0 aliphatic heterocycles. The Kier molecular flexibility index (Phi) is 8.31. The molecule has 1 rings (SSSR count). The summed E-state index contributed by atoms with van der Waals surface area (Å²) in [4.78, 5) is 12.4. The molecule has 1 aromatic rings. The summed E-state index contributed by atoms with van der Waals surface area (Å²) in [5.74, 6) is 2.65. The lowest BCUT2D eigenvalue weighted by molar-refractivity contribution is 0.0513. The van der Waals surface area contributed by atoms with Gasteiger partial charge < -0.3 is 19.9 Å². The summed E-state index contributed by atoms with van der Waals surface area (Å²) in [5, 5.41) is 12.9. The van der Waals surface area contributed by atoms with E-state index in [0.29, 0.717) is 31.0 Å². The summed E-state index contributed by atoms with van der Waals surface area (Å²) in [5.41, 5.74) is 2.14. The molecule has 0 heterocycles. The molecule has 0 saturated heterocycles. The quantitative estimate of drug-likeness (QED) is 0.412. The van der Waals surface area contributed by atoms with Crippen molar-refractivity contribution in [3.8, 4) is 18.1 Å². The molecule has 0 amide bonds. The maximum absolute atomic E-state index is 12.4. The van der Waals surface area contributed by atoms with Crippen molar-refractivity contribution in [2.75, 3.05) is 26.3 Å². The Morgan fingerprint density at radius 3 is 2.71 bits per heavy atom. The van der Waals surface area contributed by atoms with E-state index in [9.17, 15) is 9.90 Å². The molecule has 5 nitrogen and oxygen atoms in total. The maximum atomic E-state index is 12.4. The monoisotopic (exact) mass is 333 g/mol. The molecule has 0 aromatic heterocycles. The number of aryl methyl sites for hydroxylation is 1. The second-order valence-electron chi connectivity index (χ2n) is 5.85. The van der Waals surface area contributed by atoms with Crippen molar-refractivity contribution in [1.82, 2.24) is 5.32 Å². The maximum Gasteiger partial charge on any atom is 0.342 e. The Hall–Kier alpha value is -2.03. The molecule has 132 valence electrons. The molecule has 1 unspecified atom stereocenters. The van der Waals surface area contributed by atoms with Crippen LogP contribution in [0.4, 0.5) is 0 Å². The number of ether oxygens (including phenoxy) is 2. The largest absolute Gasteiger partial charge is 0.490 e. The van der Waals surface area contributed by atoms with E-state index >= 15 is 0 Å². The van der Waals surface area contributed by atoms with Crippen molar-refractivity contribution in [1.29, 1.82) is 0 Å². The summed E-state index contributed by atoms with van der Waals surface area (Å²) >= 11 is 0. The summed E-state index contributed by atoms with van der Waals surface area (Å²) in [6.45, 7) is 8.71. The van der Waals surface area contributed by atoms with Crippen LogP contribution in [0.15, 0.2) is 12.1 Å². The van der Waals surface area contributed by atoms with E-state index in [1.165, 1.54) is 0 Å². The van der Waals surface area contributed by atoms with Gasteiger partial charge in [0.05, 0.1) is 13.2 Å². The van der Waals surface area contributed by atoms with Crippen LogP contribution in [-0.4, -0.2) is 43.5 Å². The van der Waals surface area contributed by atoms with Crippen LogP contribution in [0.5, 0.6) is 5.75 Å². The minimum atomic E-state index is -0.726. The molecule has 0 aliphatic rings. The van der Waals surface area contributed by atoms with Crippen molar-refractivity contribution >= 4 is 5.97 Å².